The zero-order chi connectivity index (χ0) is 15.5. The second-order valence-corrected chi connectivity index (χ2v) is 7.52. The van der Waals surface area contributed by atoms with E-state index in [1.165, 1.54) is 24.2 Å². The van der Waals surface area contributed by atoms with Gasteiger partial charge in [0, 0.05) is 13.1 Å². The van der Waals surface area contributed by atoms with Gasteiger partial charge in [0.25, 0.3) is 5.91 Å². The number of aliphatic hydroxyl groups excluding tert-OH is 1. The van der Waals surface area contributed by atoms with Crippen LogP contribution in [0.5, 0.6) is 0 Å². The summed E-state index contributed by atoms with van der Waals surface area (Å²) in [4.78, 5) is 16.0. The molecule has 0 atom stereocenters. The maximum atomic E-state index is 12.5. The van der Waals surface area contributed by atoms with Crippen molar-refractivity contribution < 1.29 is 9.90 Å². The number of amides is 1. The molecule has 1 N–H and O–H groups in total. The lowest BCUT2D eigenvalue weighted by Crippen LogP contribution is -2.40. The minimum atomic E-state index is -0.154. The van der Waals surface area contributed by atoms with Crippen molar-refractivity contribution in [1.82, 2.24) is 4.90 Å². The van der Waals surface area contributed by atoms with Crippen molar-refractivity contribution in [3.63, 3.8) is 0 Å². The number of carbonyl (C=O) groups excluding carboxylic acids is 1. The van der Waals surface area contributed by atoms with Crippen molar-refractivity contribution in [2.24, 2.45) is 5.41 Å². The van der Waals surface area contributed by atoms with E-state index < -0.39 is 0 Å². The molecule has 0 unspecified atom stereocenters. The fraction of sp³-hybridized carbons (Fsp3) is 0.588. The topological polar surface area (TPSA) is 40.5 Å². The molecule has 0 aliphatic heterocycles. The number of carbonyl (C=O) groups is 1. The van der Waals surface area contributed by atoms with E-state index in [1.54, 1.807) is 0 Å². The quantitative estimate of drug-likeness (QED) is 0.853. The third-order valence-corrected chi connectivity index (χ3v) is 5.27. The summed E-state index contributed by atoms with van der Waals surface area (Å²) in [5, 5.41) is 8.70. The van der Waals surface area contributed by atoms with Crippen LogP contribution >= 0.6 is 11.3 Å². The zero-order valence-corrected chi connectivity index (χ0v) is 13.8. The van der Waals surface area contributed by atoms with E-state index in [-0.39, 0.29) is 12.5 Å². The van der Waals surface area contributed by atoms with E-state index in [1.807, 2.05) is 24.1 Å². The Morgan fingerprint density at radius 2 is 2.10 bits per heavy atom. The van der Waals surface area contributed by atoms with Gasteiger partial charge in [0.2, 0.25) is 0 Å². The molecule has 2 rings (SSSR count). The molecule has 1 saturated carbocycles. The highest BCUT2D eigenvalue weighted by molar-refractivity contribution is 7.14. The Kier molecular flexibility index (Phi) is 5.08. The lowest BCUT2D eigenvalue weighted by atomic mass is 9.75. The Hall–Kier alpha value is -1.31. The van der Waals surface area contributed by atoms with Crippen molar-refractivity contribution in [3.8, 4) is 11.8 Å². The molecule has 1 amide bonds. The Balaban J connectivity index is 2.01. The molecule has 1 heterocycles. The van der Waals surface area contributed by atoms with Gasteiger partial charge >= 0.3 is 0 Å². The van der Waals surface area contributed by atoms with E-state index in [0.717, 1.165) is 22.6 Å². The molecule has 1 aromatic heterocycles. The molecular formula is C17H23NO2S. The molecule has 0 bridgehead atoms. The Labute approximate surface area is 131 Å². The summed E-state index contributed by atoms with van der Waals surface area (Å²) in [5.41, 5.74) is 0.413. The van der Waals surface area contributed by atoms with Crippen LogP contribution in [0.15, 0.2) is 12.1 Å². The monoisotopic (exact) mass is 305 g/mol. The van der Waals surface area contributed by atoms with Crippen LogP contribution in [-0.4, -0.2) is 35.6 Å². The SMILES string of the molecule is CN(C(=O)c1ccc(C#CCO)s1)C1CCC(C)(C)CC1. The fourth-order valence-corrected chi connectivity index (χ4v) is 3.62. The van der Waals surface area contributed by atoms with Gasteiger partial charge in [0.1, 0.15) is 6.61 Å². The van der Waals surface area contributed by atoms with E-state index >= 15 is 0 Å². The van der Waals surface area contributed by atoms with Gasteiger partial charge < -0.3 is 10.0 Å². The molecule has 4 heteroatoms. The zero-order valence-electron chi connectivity index (χ0n) is 13.0. The third kappa shape index (κ3) is 4.09. The van der Waals surface area contributed by atoms with Crippen LogP contribution < -0.4 is 0 Å². The van der Waals surface area contributed by atoms with Crippen LogP contribution in [0.4, 0.5) is 0 Å². The van der Waals surface area contributed by atoms with Crippen molar-refractivity contribution >= 4 is 17.2 Å². The summed E-state index contributed by atoms with van der Waals surface area (Å²) in [6, 6.07) is 4.02. The highest BCUT2D eigenvalue weighted by atomic mass is 32.1. The average Bonchev–Trinajstić information content (AvgIpc) is 2.92. The molecule has 0 radical (unpaired) electrons. The third-order valence-electron chi connectivity index (χ3n) is 4.28. The van der Waals surface area contributed by atoms with Crippen LogP contribution in [0.1, 0.15) is 54.1 Å². The first kappa shape index (κ1) is 16.1. The van der Waals surface area contributed by atoms with E-state index in [4.69, 9.17) is 5.11 Å². The summed E-state index contributed by atoms with van der Waals surface area (Å²) in [6.07, 6.45) is 4.51. The van der Waals surface area contributed by atoms with Crippen LogP contribution in [0, 0.1) is 17.3 Å². The van der Waals surface area contributed by atoms with Crippen LogP contribution in [0.25, 0.3) is 0 Å². The lowest BCUT2D eigenvalue weighted by Gasteiger charge is -2.38. The summed E-state index contributed by atoms with van der Waals surface area (Å²) >= 11 is 1.40. The number of hydrogen-bond donors (Lipinski definition) is 1. The first-order valence-corrected chi connectivity index (χ1v) is 8.21. The average molecular weight is 305 g/mol. The second-order valence-electron chi connectivity index (χ2n) is 6.44. The predicted molar refractivity (Wildman–Crippen MR) is 86.4 cm³/mol. The number of rotatable bonds is 2. The highest BCUT2D eigenvalue weighted by Gasteiger charge is 2.31. The van der Waals surface area contributed by atoms with Gasteiger partial charge in [-0.3, -0.25) is 4.79 Å². The fourth-order valence-electron chi connectivity index (χ4n) is 2.76. The van der Waals surface area contributed by atoms with Crippen molar-refractivity contribution in [1.29, 1.82) is 0 Å². The lowest BCUT2D eigenvalue weighted by molar-refractivity contribution is 0.0640. The number of aliphatic hydroxyl groups is 1. The first-order valence-electron chi connectivity index (χ1n) is 7.40. The normalized spacial score (nSPS) is 17.9. The van der Waals surface area contributed by atoms with Gasteiger partial charge in [0.05, 0.1) is 9.75 Å². The van der Waals surface area contributed by atoms with E-state index in [2.05, 4.69) is 25.7 Å². The molecule has 0 saturated heterocycles. The van der Waals surface area contributed by atoms with E-state index in [9.17, 15) is 4.79 Å². The number of thiophene rings is 1. The molecule has 0 spiro atoms. The minimum absolute atomic E-state index is 0.0850. The molecule has 1 aromatic rings. The molecule has 114 valence electrons. The predicted octanol–water partition coefficient (Wildman–Crippen LogP) is 3.13. The summed E-state index contributed by atoms with van der Waals surface area (Å²) in [5.74, 6) is 5.54. The number of hydrogen-bond acceptors (Lipinski definition) is 3. The van der Waals surface area contributed by atoms with Crippen LogP contribution in [0.2, 0.25) is 0 Å². The van der Waals surface area contributed by atoms with E-state index in [0.29, 0.717) is 11.5 Å². The smallest absolute Gasteiger partial charge is 0.263 e. The summed E-state index contributed by atoms with van der Waals surface area (Å²) < 4.78 is 0. The first-order chi connectivity index (χ1) is 9.93. The van der Waals surface area contributed by atoms with Gasteiger partial charge in [-0.2, -0.15) is 0 Å². The van der Waals surface area contributed by atoms with Gasteiger partial charge in [-0.05, 0) is 43.2 Å². The van der Waals surface area contributed by atoms with Crippen LogP contribution in [-0.2, 0) is 0 Å². The number of nitrogens with zero attached hydrogens (tertiary/aromatic N) is 1. The largest absolute Gasteiger partial charge is 0.384 e. The van der Waals surface area contributed by atoms with Crippen molar-refractivity contribution in [2.75, 3.05) is 13.7 Å². The Morgan fingerprint density at radius 3 is 2.71 bits per heavy atom. The standard InChI is InChI=1S/C17H23NO2S/c1-17(2)10-8-13(9-11-17)18(3)16(20)15-7-6-14(21-15)5-4-12-19/h6-7,13,19H,8-12H2,1-3H3. The van der Waals surface area contributed by atoms with Gasteiger partial charge in [-0.15, -0.1) is 11.3 Å². The minimum Gasteiger partial charge on any atom is -0.384 e. The summed E-state index contributed by atoms with van der Waals surface area (Å²) in [6.45, 7) is 4.45. The molecule has 3 nitrogen and oxygen atoms in total. The van der Waals surface area contributed by atoms with Gasteiger partial charge in [-0.25, -0.2) is 0 Å². The molecule has 1 aliphatic carbocycles. The maximum Gasteiger partial charge on any atom is 0.263 e. The Morgan fingerprint density at radius 1 is 1.43 bits per heavy atom. The highest BCUT2D eigenvalue weighted by Crippen LogP contribution is 2.37. The molecule has 1 aliphatic rings. The molecule has 0 aromatic carbocycles. The Bertz CT molecular complexity index is 555. The molecule has 21 heavy (non-hydrogen) atoms. The maximum absolute atomic E-state index is 12.5. The molecular weight excluding hydrogens is 282 g/mol. The van der Waals surface area contributed by atoms with Crippen molar-refractivity contribution in [2.45, 2.75) is 45.6 Å². The summed E-state index contributed by atoms with van der Waals surface area (Å²) in [7, 11) is 1.91. The molecule has 1 fully saturated rings. The van der Waals surface area contributed by atoms with Crippen LogP contribution in [0.3, 0.4) is 0 Å². The van der Waals surface area contributed by atoms with Gasteiger partial charge in [0.15, 0.2) is 0 Å². The van der Waals surface area contributed by atoms with Gasteiger partial charge in [-0.1, -0.05) is 25.7 Å². The second kappa shape index (κ2) is 6.64. The van der Waals surface area contributed by atoms with Crippen molar-refractivity contribution in [3.05, 3.63) is 21.9 Å².